The van der Waals surface area contributed by atoms with Gasteiger partial charge >= 0.3 is 0 Å². The van der Waals surface area contributed by atoms with Crippen LogP contribution in [0.5, 0.6) is 0 Å². The second kappa shape index (κ2) is 4.68. The third-order valence-electron chi connectivity index (χ3n) is 5.28. The van der Waals surface area contributed by atoms with E-state index in [4.69, 9.17) is 0 Å². The van der Waals surface area contributed by atoms with Gasteiger partial charge in [0.2, 0.25) is 5.91 Å². The van der Waals surface area contributed by atoms with Crippen molar-refractivity contribution in [3.63, 3.8) is 0 Å². The summed E-state index contributed by atoms with van der Waals surface area (Å²) in [6, 6.07) is 0. The first-order valence-corrected chi connectivity index (χ1v) is 7.02. The molecule has 1 spiro atoms. The van der Waals surface area contributed by atoms with Crippen LogP contribution in [0.2, 0.25) is 0 Å². The van der Waals surface area contributed by atoms with E-state index < -0.39 is 0 Å². The molecule has 1 aliphatic carbocycles. The monoisotopic (exact) mass is 272 g/mol. The molecule has 1 N–H and O–H groups in total. The molecule has 18 heavy (non-hydrogen) atoms. The molecule has 104 valence electrons. The second-order valence-corrected chi connectivity index (χ2v) is 7.00. The molecule has 1 saturated carbocycles. The Hall–Kier alpha value is -0.280. The third kappa shape index (κ3) is 2.39. The molecule has 1 amide bonds. The number of amides is 1. The van der Waals surface area contributed by atoms with Gasteiger partial charge < -0.3 is 10.2 Å². The van der Waals surface area contributed by atoms with Crippen molar-refractivity contribution in [2.75, 3.05) is 26.2 Å². The molecule has 3 rings (SSSR count). The molecule has 1 unspecified atom stereocenters. The summed E-state index contributed by atoms with van der Waals surface area (Å²) < 4.78 is 0. The van der Waals surface area contributed by atoms with Crippen molar-refractivity contribution < 1.29 is 4.79 Å². The van der Waals surface area contributed by atoms with E-state index >= 15 is 0 Å². The Morgan fingerprint density at radius 3 is 2.28 bits per heavy atom. The highest BCUT2D eigenvalue weighted by atomic mass is 35.5. The summed E-state index contributed by atoms with van der Waals surface area (Å²) in [5.41, 5.74) is 0.803. The zero-order chi connectivity index (χ0) is 12.1. The summed E-state index contributed by atoms with van der Waals surface area (Å²) in [5.74, 6) is 0.744. The minimum Gasteiger partial charge on any atom is -0.342 e. The standard InChI is InChI=1S/C14H24N2O.ClH/c1-13(2)9-11(13)12(17)16-7-4-14(5-8-16)3-6-15-10-14;/h11,15H,3-10H2,1-2H3;1H. The van der Waals surface area contributed by atoms with Crippen LogP contribution in [0.25, 0.3) is 0 Å². The highest BCUT2D eigenvalue weighted by Gasteiger charge is 2.52. The van der Waals surface area contributed by atoms with Crippen molar-refractivity contribution in [2.45, 2.75) is 39.5 Å². The fourth-order valence-electron chi connectivity index (χ4n) is 3.53. The summed E-state index contributed by atoms with van der Waals surface area (Å²) in [4.78, 5) is 14.4. The lowest BCUT2D eigenvalue weighted by Gasteiger charge is -2.39. The van der Waals surface area contributed by atoms with Crippen LogP contribution in [0.4, 0.5) is 0 Å². The van der Waals surface area contributed by atoms with E-state index in [1.165, 1.54) is 32.4 Å². The second-order valence-electron chi connectivity index (χ2n) is 7.00. The number of rotatable bonds is 1. The van der Waals surface area contributed by atoms with Gasteiger partial charge in [0.15, 0.2) is 0 Å². The Morgan fingerprint density at radius 2 is 1.83 bits per heavy atom. The molecule has 0 radical (unpaired) electrons. The summed E-state index contributed by atoms with van der Waals surface area (Å²) in [6.07, 6.45) is 4.82. The maximum absolute atomic E-state index is 12.3. The van der Waals surface area contributed by atoms with Gasteiger partial charge in [-0.25, -0.2) is 0 Å². The molecule has 0 aromatic heterocycles. The molecule has 3 nitrogen and oxygen atoms in total. The van der Waals surface area contributed by atoms with E-state index in [1.54, 1.807) is 0 Å². The average molecular weight is 273 g/mol. The number of carbonyl (C=O) groups excluding carboxylic acids is 1. The highest BCUT2D eigenvalue weighted by molar-refractivity contribution is 5.85. The Morgan fingerprint density at radius 1 is 1.22 bits per heavy atom. The Labute approximate surface area is 116 Å². The van der Waals surface area contributed by atoms with E-state index in [9.17, 15) is 4.79 Å². The van der Waals surface area contributed by atoms with Gasteiger partial charge in [-0.05, 0) is 43.1 Å². The van der Waals surface area contributed by atoms with Crippen molar-refractivity contribution in [2.24, 2.45) is 16.7 Å². The first-order valence-electron chi connectivity index (χ1n) is 7.02. The summed E-state index contributed by atoms with van der Waals surface area (Å²) in [7, 11) is 0. The highest BCUT2D eigenvalue weighted by Crippen LogP contribution is 2.53. The fraction of sp³-hybridized carbons (Fsp3) is 0.929. The van der Waals surface area contributed by atoms with E-state index in [0.717, 1.165) is 19.5 Å². The van der Waals surface area contributed by atoms with Gasteiger partial charge in [0.25, 0.3) is 0 Å². The Balaban J connectivity index is 0.00000120. The maximum Gasteiger partial charge on any atom is 0.226 e. The van der Waals surface area contributed by atoms with Crippen LogP contribution in [0.3, 0.4) is 0 Å². The van der Waals surface area contributed by atoms with Crippen LogP contribution in [0.15, 0.2) is 0 Å². The summed E-state index contributed by atoms with van der Waals surface area (Å²) in [6.45, 7) is 8.75. The van der Waals surface area contributed by atoms with E-state index in [1.807, 2.05) is 0 Å². The molecule has 4 heteroatoms. The van der Waals surface area contributed by atoms with Crippen molar-refractivity contribution in [1.82, 2.24) is 10.2 Å². The third-order valence-corrected chi connectivity index (χ3v) is 5.28. The minimum absolute atomic E-state index is 0. The molecular formula is C14H25ClN2O. The largest absolute Gasteiger partial charge is 0.342 e. The molecule has 3 fully saturated rings. The van der Waals surface area contributed by atoms with Crippen molar-refractivity contribution in [3.8, 4) is 0 Å². The predicted molar refractivity (Wildman–Crippen MR) is 74.9 cm³/mol. The van der Waals surface area contributed by atoms with E-state index in [-0.39, 0.29) is 17.8 Å². The van der Waals surface area contributed by atoms with Crippen LogP contribution in [-0.4, -0.2) is 37.0 Å². The van der Waals surface area contributed by atoms with Crippen molar-refractivity contribution >= 4 is 18.3 Å². The molecule has 0 aromatic rings. The molecule has 1 atom stereocenters. The molecule has 0 aromatic carbocycles. The number of nitrogens with zero attached hydrogens (tertiary/aromatic N) is 1. The van der Waals surface area contributed by atoms with Crippen molar-refractivity contribution in [3.05, 3.63) is 0 Å². The van der Waals surface area contributed by atoms with Gasteiger partial charge in [-0.15, -0.1) is 12.4 Å². The van der Waals surface area contributed by atoms with Crippen molar-refractivity contribution in [1.29, 1.82) is 0 Å². The maximum atomic E-state index is 12.3. The zero-order valence-electron chi connectivity index (χ0n) is 11.5. The number of halogens is 1. The van der Waals surface area contributed by atoms with Crippen LogP contribution < -0.4 is 5.32 Å². The lowest BCUT2D eigenvalue weighted by atomic mass is 9.78. The number of piperidine rings is 1. The Kier molecular flexibility index (Phi) is 3.67. The van der Waals surface area contributed by atoms with Crippen LogP contribution >= 0.6 is 12.4 Å². The first kappa shape index (κ1) is 14.1. The van der Waals surface area contributed by atoms with Crippen LogP contribution in [-0.2, 0) is 4.79 Å². The molecule has 2 heterocycles. The normalized spacial score (nSPS) is 32.1. The van der Waals surface area contributed by atoms with E-state index in [2.05, 4.69) is 24.1 Å². The number of nitrogens with one attached hydrogen (secondary N) is 1. The number of hydrogen-bond donors (Lipinski definition) is 1. The van der Waals surface area contributed by atoms with Crippen LogP contribution in [0, 0.1) is 16.7 Å². The molecule has 2 saturated heterocycles. The number of likely N-dealkylation sites (tertiary alicyclic amines) is 1. The first-order chi connectivity index (χ1) is 8.03. The van der Waals surface area contributed by atoms with Gasteiger partial charge in [0.05, 0.1) is 0 Å². The lowest BCUT2D eigenvalue weighted by molar-refractivity contribution is -0.135. The summed E-state index contributed by atoms with van der Waals surface area (Å²) in [5, 5.41) is 3.47. The van der Waals surface area contributed by atoms with Crippen LogP contribution in [0.1, 0.15) is 39.5 Å². The quantitative estimate of drug-likeness (QED) is 0.793. The van der Waals surface area contributed by atoms with Gasteiger partial charge in [0, 0.05) is 25.6 Å². The summed E-state index contributed by atoms with van der Waals surface area (Å²) >= 11 is 0. The van der Waals surface area contributed by atoms with Gasteiger partial charge in [-0.2, -0.15) is 0 Å². The molecular weight excluding hydrogens is 248 g/mol. The molecule has 2 aliphatic heterocycles. The van der Waals surface area contributed by atoms with Gasteiger partial charge in [-0.1, -0.05) is 13.8 Å². The minimum atomic E-state index is 0. The number of carbonyl (C=O) groups is 1. The van der Waals surface area contributed by atoms with E-state index in [0.29, 0.717) is 17.2 Å². The number of hydrogen-bond acceptors (Lipinski definition) is 2. The van der Waals surface area contributed by atoms with Gasteiger partial charge in [0.1, 0.15) is 0 Å². The predicted octanol–water partition coefficient (Wildman–Crippen LogP) is 2.06. The molecule has 3 aliphatic rings. The van der Waals surface area contributed by atoms with Gasteiger partial charge in [-0.3, -0.25) is 4.79 Å². The fourth-order valence-corrected chi connectivity index (χ4v) is 3.53. The topological polar surface area (TPSA) is 32.3 Å². The Bertz CT molecular complexity index is 327. The zero-order valence-corrected chi connectivity index (χ0v) is 12.3. The SMILES string of the molecule is CC1(C)CC1C(=O)N1CCC2(CCNC2)CC1.Cl. The smallest absolute Gasteiger partial charge is 0.226 e. The molecule has 0 bridgehead atoms. The lowest BCUT2D eigenvalue weighted by Crippen LogP contribution is -2.45. The average Bonchev–Trinajstić information content (AvgIpc) is 2.73.